The van der Waals surface area contributed by atoms with Gasteiger partial charge in [-0.25, -0.2) is 4.39 Å². The maximum Gasteiger partial charge on any atom is 0.307 e. The first kappa shape index (κ1) is 14.2. The average Bonchev–Trinajstić information content (AvgIpc) is 2.56. The number of anilines is 1. The van der Waals surface area contributed by atoms with Gasteiger partial charge >= 0.3 is 5.69 Å². The lowest BCUT2D eigenvalue weighted by Crippen LogP contribution is -2.27. The summed E-state index contributed by atoms with van der Waals surface area (Å²) < 4.78 is 26.8. The molecule has 8 heteroatoms. The summed E-state index contributed by atoms with van der Waals surface area (Å²) in [4.78, 5) is 21.1. The zero-order valence-corrected chi connectivity index (χ0v) is 10.5. The van der Waals surface area contributed by atoms with E-state index in [4.69, 9.17) is 0 Å². The molecule has 2 rings (SSSR count). The summed E-state index contributed by atoms with van der Waals surface area (Å²) in [7, 11) is 0. The lowest BCUT2D eigenvalue weighted by molar-refractivity contribution is -0.387. The highest BCUT2D eigenvalue weighted by atomic mass is 19.1. The standard InChI is InChI=1S/C12H13F2N3O3/c13-8-5-9(14)11(17(19)20)6-10(8)16-7-2-1-3-15-12(18)4-7/h5-7,16H,1-4H2,(H,15,18). The summed E-state index contributed by atoms with van der Waals surface area (Å²) in [5.41, 5.74) is -0.968. The molecule has 1 fully saturated rings. The van der Waals surface area contributed by atoms with Crippen LogP contribution in [-0.2, 0) is 4.79 Å². The first-order valence-electron chi connectivity index (χ1n) is 6.14. The van der Waals surface area contributed by atoms with E-state index in [1.807, 2.05) is 0 Å². The van der Waals surface area contributed by atoms with E-state index in [0.29, 0.717) is 25.5 Å². The molecule has 0 aromatic heterocycles. The molecular formula is C12H13F2N3O3. The van der Waals surface area contributed by atoms with E-state index in [1.54, 1.807) is 0 Å². The van der Waals surface area contributed by atoms with Gasteiger partial charge in [-0.3, -0.25) is 14.9 Å². The fourth-order valence-corrected chi connectivity index (χ4v) is 2.11. The summed E-state index contributed by atoms with van der Waals surface area (Å²) >= 11 is 0. The van der Waals surface area contributed by atoms with Crippen LogP contribution in [0.3, 0.4) is 0 Å². The number of hydrogen-bond donors (Lipinski definition) is 2. The lowest BCUT2D eigenvalue weighted by Gasteiger charge is -2.17. The maximum atomic E-state index is 13.6. The van der Waals surface area contributed by atoms with Gasteiger partial charge in [-0.15, -0.1) is 0 Å². The summed E-state index contributed by atoms with van der Waals surface area (Å²) in [6.45, 7) is 0.545. The molecule has 1 aromatic rings. The van der Waals surface area contributed by atoms with Gasteiger partial charge in [0.15, 0.2) is 0 Å². The molecule has 1 aliphatic heterocycles. The van der Waals surface area contributed by atoms with Crippen LogP contribution < -0.4 is 10.6 Å². The molecule has 1 aliphatic rings. The van der Waals surface area contributed by atoms with E-state index in [2.05, 4.69) is 10.6 Å². The fourth-order valence-electron chi connectivity index (χ4n) is 2.11. The van der Waals surface area contributed by atoms with Crippen LogP contribution in [0.1, 0.15) is 19.3 Å². The van der Waals surface area contributed by atoms with E-state index < -0.39 is 22.2 Å². The topological polar surface area (TPSA) is 84.3 Å². The second-order valence-corrected chi connectivity index (χ2v) is 4.58. The minimum Gasteiger partial charge on any atom is -0.379 e. The van der Waals surface area contributed by atoms with Crippen molar-refractivity contribution in [2.75, 3.05) is 11.9 Å². The van der Waals surface area contributed by atoms with Crippen molar-refractivity contribution in [3.63, 3.8) is 0 Å². The Hall–Kier alpha value is -2.25. The smallest absolute Gasteiger partial charge is 0.307 e. The molecule has 1 heterocycles. The number of benzene rings is 1. The summed E-state index contributed by atoms with van der Waals surface area (Å²) in [6.07, 6.45) is 1.47. The molecule has 1 atom stereocenters. The van der Waals surface area contributed by atoms with Gasteiger partial charge in [0.1, 0.15) is 5.82 Å². The van der Waals surface area contributed by atoms with Gasteiger partial charge in [-0.1, -0.05) is 0 Å². The lowest BCUT2D eigenvalue weighted by atomic mass is 10.1. The average molecular weight is 285 g/mol. The quantitative estimate of drug-likeness (QED) is 0.656. The van der Waals surface area contributed by atoms with Crippen LogP contribution >= 0.6 is 0 Å². The molecule has 20 heavy (non-hydrogen) atoms. The van der Waals surface area contributed by atoms with Crippen molar-refractivity contribution in [1.82, 2.24) is 5.32 Å². The van der Waals surface area contributed by atoms with Crippen LogP contribution in [0.2, 0.25) is 0 Å². The Morgan fingerprint density at radius 1 is 1.35 bits per heavy atom. The Bertz CT molecular complexity index is 551. The summed E-state index contributed by atoms with van der Waals surface area (Å²) in [5, 5.41) is 16.0. The molecular weight excluding hydrogens is 272 g/mol. The number of amides is 1. The normalized spacial score (nSPS) is 19.1. The third-order valence-electron chi connectivity index (χ3n) is 3.08. The number of nitrogens with zero attached hydrogens (tertiary/aromatic N) is 1. The summed E-state index contributed by atoms with van der Waals surface area (Å²) in [5.74, 6) is -2.31. The third kappa shape index (κ3) is 3.19. The van der Waals surface area contributed by atoms with Crippen molar-refractivity contribution in [3.05, 3.63) is 33.9 Å². The highest BCUT2D eigenvalue weighted by Gasteiger charge is 2.22. The van der Waals surface area contributed by atoms with Gasteiger partial charge in [0, 0.05) is 31.1 Å². The van der Waals surface area contributed by atoms with Crippen LogP contribution in [0, 0.1) is 21.7 Å². The second kappa shape index (κ2) is 5.81. The van der Waals surface area contributed by atoms with Gasteiger partial charge < -0.3 is 10.6 Å². The summed E-state index contributed by atoms with van der Waals surface area (Å²) in [6, 6.07) is 0.946. The largest absolute Gasteiger partial charge is 0.379 e. The van der Waals surface area contributed by atoms with Crippen LogP contribution in [0.5, 0.6) is 0 Å². The minimum absolute atomic E-state index is 0.143. The van der Waals surface area contributed by atoms with Crippen molar-refractivity contribution >= 4 is 17.3 Å². The molecule has 1 unspecified atom stereocenters. The number of carbonyl (C=O) groups excluding carboxylic acids is 1. The highest BCUT2D eigenvalue weighted by Crippen LogP contribution is 2.26. The van der Waals surface area contributed by atoms with Crippen LogP contribution in [-0.4, -0.2) is 23.4 Å². The first-order chi connectivity index (χ1) is 9.47. The van der Waals surface area contributed by atoms with Gasteiger partial charge in [0.2, 0.25) is 11.7 Å². The molecule has 0 spiro atoms. The zero-order chi connectivity index (χ0) is 14.7. The molecule has 1 aromatic carbocycles. The second-order valence-electron chi connectivity index (χ2n) is 4.58. The Kier molecular flexibility index (Phi) is 4.11. The number of carbonyl (C=O) groups is 1. The maximum absolute atomic E-state index is 13.6. The van der Waals surface area contributed by atoms with Crippen LogP contribution in [0.25, 0.3) is 0 Å². The molecule has 1 amide bonds. The molecule has 2 N–H and O–H groups in total. The molecule has 0 aliphatic carbocycles. The van der Waals surface area contributed by atoms with Gasteiger partial charge in [0.05, 0.1) is 10.6 Å². The Balaban J connectivity index is 2.21. The van der Waals surface area contributed by atoms with Crippen LogP contribution in [0.4, 0.5) is 20.2 Å². The van der Waals surface area contributed by atoms with Crippen molar-refractivity contribution in [1.29, 1.82) is 0 Å². The molecule has 6 nitrogen and oxygen atoms in total. The van der Waals surface area contributed by atoms with Crippen molar-refractivity contribution in [2.24, 2.45) is 0 Å². The van der Waals surface area contributed by atoms with Crippen molar-refractivity contribution < 1.29 is 18.5 Å². The number of rotatable bonds is 3. The zero-order valence-electron chi connectivity index (χ0n) is 10.5. The van der Waals surface area contributed by atoms with Crippen LogP contribution in [0.15, 0.2) is 12.1 Å². The first-order valence-corrected chi connectivity index (χ1v) is 6.14. The van der Waals surface area contributed by atoms with E-state index >= 15 is 0 Å². The van der Waals surface area contributed by atoms with E-state index in [0.717, 1.165) is 6.07 Å². The van der Waals surface area contributed by atoms with Gasteiger partial charge in [-0.2, -0.15) is 4.39 Å². The van der Waals surface area contributed by atoms with E-state index in [9.17, 15) is 23.7 Å². The Labute approximate surface area is 113 Å². The molecule has 0 radical (unpaired) electrons. The SMILES string of the molecule is O=C1CC(Nc2cc([N+](=O)[O-])c(F)cc2F)CCCN1. The van der Waals surface area contributed by atoms with E-state index in [-0.39, 0.29) is 24.1 Å². The van der Waals surface area contributed by atoms with Crippen molar-refractivity contribution in [2.45, 2.75) is 25.3 Å². The van der Waals surface area contributed by atoms with Gasteiger partial charge in [0.25, 0.3) is 0 Å². The molecule has 0 saturated carbocycles. The Morgan fingerprint density at radius 3 is 2.80 bits per heavy atom. The molecule has 0 bridgehead atoms. The number of nitro groups is 1. The third-order valence-corrected chi connectivity index (χ3v) is 3.08. The number of halogens is 2. The molecule has 108 valence electrons. The molecule has 1 saturated heterocycles. The van der Waals surface area contributed by atoms with Gasteiger partial charge in [-0.05, 0) is 12.8 Å². The fraction of sp³-hybridized carbons (Fsp3) is 0.417. The predicted octanol–water partition coefficient (Wildman–Crippen LogP) is 1.95. The number of hydrogen-bond acceptors (Lipinski definition) is 4. The number of nitro benzene ring substituents is 1. The van der Waals surface area contributed by atoms with E-state index in [1.165, 1.54) is 0 Å². The Morgan fingerprint density at radius 2 is 2.10 bits per heavy atom. The number of nitrogens with one attached hydrogen (secondary N) is 2. The predicted molar refractivity (Wildman–Crippen MR) is 67.3 cm³/mol. The monoisotopic (exact) mass is 285 g/mol. The minimum atomic E-state index is -1.23. The highest BCUT2D eigenvalue weighted by molar-refractivity contribution is 5.77. The van der Waals surface area contributed by atoms with Crippen molar-refractivity contribution in [3.8, 4) is 0 Å².